The van der Waals surface area contributed by atoms with Gasteiger partial charge in [0.1, 0.15) is 0 Å². The third-order valence-electron chi connectivity index (χ3n) is 4.65. The first-order chi connectivity index (χ1) is 14.4. The third-order valence-corrected chi connectivity index (χ3v) is 4.65. The molecule has 0 spiro atoms. The van der Waals surface area contributed by atoms with Crippen LogP contribution in [0.25, 0.3) is 11.1 Å². The molecule has 1 aliphatic rings. The molecule has 1 fully saturated rings. The van der Waals surface area contributed by atoms with Crippen LogP contribution in [0.2, 0.25) is 0 Å². The lowest BCUT2D eigenvalue weighted by molar-refractivity contribution is -0.152. The second-order valence-corrected chi connectivity index (χ2v) is 8.03. The molecule has 2 amide bonds. The minimum atomic E-state index is -0.0371. The topological polar surface area (TPSA) is 64.1 Å². The number of rotatable bonds is 6. The van der Waals surface area contributed by atoms with E-state index in [-0.39, 0.29) is 18.9 Å². The van der Waals surface area contributed by atoms with Crippen LogP contribution in [-0.2, 0) is 9.59 Å². The first-order valence-corrected chi connectivity index (χ1v) is 10.5. The van der Waals surface area contributed by atoms with Crippen molar-refractivity contribution in [2.24, 2.45) is 5.92 Å². The Kier molecular flexibility index (Phi) is 9.35. The molecule has 162 valence electrons. The maximum atomic E-state index is 12.1. The number of nitrogens with zero attached hydrogens (tertiary/aromatic N) is 3. The van der Waals surface area contributed by atoms with Gasteiger partial charge in [-0.25, -0.2) is 5.06 Å². The van der Waals surface area contributed by atoms with Crippen molar-refractivity contribution in [3.05, 3.63) is 54.6 Å². The summed E-state index contributed by atoms with van der Waals surface area (Å²) in [6, 6.07) is 18.7. The van der Waals surface area contributed by atoms with Crippen LogP contribution in [0, 0.1) is 5.92 Å². The van der Waals surface area contributed by atoms with Crippen molar-refractivity contribution in [2.45, 2.75) is 27.2 Å². The summed E-state index contributed by atoms with van der Waals surface area (Å²) in [7, 11) is 0. The van der Waals surface area contributed by atoms with Crippen molar-refractivity contribution < 1.29 is 14.8 Å². The summed E-state index contributed by atoms with van der Waals surface area (Å²) in [5.41, 5.74) is 3.54. The summed E-state index contributed by atoms with van der Waals surface area (Å²) in [5, 5.41) is 9.59. The van der Waals surface area contributed by atoms with Crippen LogP contribution in [0.3, 0.4) is 0 Å². The summed E-state index contributed by atoms with van der Waals surface area (Å²) in [4.78, 5) is 26.5. The molecule has 6 nitrogen and oxygen atoms in total. The molecule has 1 saturated heterocycles. The fourth-order valence-electron chi connectivity index (χ4n) is 3.13. The number of carbonyl (C=O) groups is 2. The van der Waals surface area contributed by atoms with Crippen LogP contribution in [0.15, 0.2) is 54.6 Å². The minimum absolute atomic E-state index is 0.0312. The molecule has 2 aromatic carbocycles. The van der Waals surface area contributed by atoms with Crippen LogP contribution >= 0.6 is 0 Å². The highest BCUT2D eigenvalue weighted by molar-refractivity contribution is 5.77. The van der Waals surface area contributed by atoms with E-state index in [1.165, 1.54) is 11.1 Å². The van der Waals surface area contributed by atoms with Gasteiger partial charge in [0.15, 0.2) is 0 Å². The zero-order valence-corrected chi connectivity index (χ0v) is 18.2. The maximum absolute atomic E-state index is 12.1. The number of hydroxylamine groups is 2. The van der Waals surface area contributed by atoms with E-state index in [1.807, 2.05) is 18.2 Å². The molecule has 1 heterocycles. The number of hydrogen-bond acceptors (Lipinski definition) is 4. The molecule has 0 unspecified atom stereocenters. The third kappa shape index (κ3) is 7.52. The van der Waals surface area contributed by atoms with E-state index in [0.717, 1.165) is 24.7 Å². The molecule has 2 aromatic rings. The quantitative estimate of drug-likeness (QED) is 0.445. The highest BCUT2D eigenvalue weighted by atomic mass is 16.5. The first kappa shape index (κ1) is 23.4. The zero-order chi connectivity index (χ0) is 21.9. The fraction of sp³-hybridized carbons (Fsp3) is 0.417. The van der Waals surface area contributed by atoms with Crippen LogP contribution in [0.4, 0.5) is 5.69 Å². The lowest BCUT2D eigenvalue weighted by Crippen LogP contribution is -2.49. The molecule has 1 aliphatic heterocycles. The van der Waals surface area contributed by atoms with Crippen molar-refractivity contribution in [3.8, 4) is 11.1 Å². The van der Waals surface area contributed by atoms with Crippen LogP contribution < -0.4 is 4.90 Å². The zero-order valence-electron chi connectivity index (χ0n) is 18.2. The summed E-state index contributed by atoms with van der Waals surface area (Å²) >= 11 is 0. The standard InChI is InChI=1S/C20H23N3O3.C4H10/c24-16-23(26)11-10-20(25)22-14-12-21(13-15-22)19-8-6-18(7-9-19)17-4-2-1-3-5-17;1-4(2)3/h1-9,16,26H,10-15H2;4H,1-3H3. The normalized spacial score (nSPS) is 13.5. The van der Waals surface area contributed by atoms with Crippen molar-refractivity contribution in [1.29, 1.82) is 0 Å². The number of amides is 2. The Hall–Kier alpha value is -2.86. The monoisotopic (exact) mass is 411 g/mol. The predicted molar refractivity (Wildman–Crippen MR) is 120 cm³/mol. The molecule has 0 saturated carbocycles. The number of anilines is 1. The van der Waals surface area contributed by atoms with Crippen molar-refractivity contribution in [1.82, 2.24) is 9.96 Å². The van der Waals surface area contributed by atoms with Gasteiger partial charge in [0.2, 0.25) is 12.3 Å². The van der Waals surface area contributed by atoms with Crippen LogP contribution in [-0.4, -0.2) is 60.2 Å². The van der Waals surface area contributed by atoms with Gasteiger partial charge in [0, 0.05) is 38.3 Å². The Balaban J connectivity index is 0.000000735. The molecule has 3 rings (SSSR count). The molecule has 1 N–H and O–H groups in total. The molecule has 0 aliphatic carbocycles. The van der Waals surface area contributed by atoms with Gasteiger partial charge in [-0.1, -0.05) is 63.2 Å². The largest absolute Gasteiger partial charge is 0.368 e. The Bertz CT molecular complexity index is 767. The number of piperazine rings is 1. The second-order valence-electron chi connectivity index (χ2n) is 8.03. The highest BCUT2D eigenvalue weighted by Crippen LogP contribution is 2.23. The molecule has 0 radical (unpaired) electrons. The molecular weight excluding hydrogens is 378 g/mol. The van der Waals surface area contributed by atoms with E-state index < -0.39 is 0 Å². The number of benzene rings is 2. The van der Waals surface area contributed by atoms with Gasteiger partial charge >= 0.3 is 0 Å². The second kappa shape index (κ2) is 12.0. The lowest BCUT2D eigenvalue weighted by Gasteiger charge is -2.36. The number of carbonyl (C=O) groups excluding carboxylic acids is 2. The lowest BCUT2D eigenvalue weighted by atomic mass is 10.1. The Morgan fingerprint density at radius 1 is 0.967 bits per heavy atom. The van der Waals surface area contributed by atoms with Gasteiger partial charge in [-0.3, -0.25) is 14.8 Å². The molecule has 30 heavy (non-hydrogen) atoms. The highest BCUT2D eigenvalue weighted by Gasteiger charge is 2.21. The average molecular weight is 412 g/mol. The van der Waals surface area contributed by atoms with Gasteiger partial charge in [-0.05, 0) is 29.2 Å². The van der Waals surface area contributed by atoms with E-state index in [2.05, 4.69) is 62.1 Å². The van der Waals surface area contributed by atoms with E-state index in [4.69, 9.17) is 5.21 Å². The number of hydrogen-bond donors (Lipinski definition) is 1. The first-order valence-electron chi connectivity index (χ1n) is 10.5. The molecule has 0 atom stereocenters. The van der Waals surface area contributed by atoms with E-state index in [0.29, 0.717) is 24.6 Å². The summed E-state index contributed by atoms with van der Waals surface area (Å²) in [5.74, 6) is 0.796. The van der Waals surface area contributed by atoms with Gasteiger partial charge in [-0.15, -0.1) is 0 Å². The minimum Gasteiger partial charge on any atom is -0.368 e. The molecule has 6 heteroatoms. The van der Waals surface area contributed by atoms with Gasteiger partial charge < -0.3 is 9.80 Å². The molecule has 0 bridgehead atoms. The Morgan fingerprint density at radius 3 is 2.03 bits per heavy atom. The molecule has 0 aromatic heterocycles. The SMILES string of the molecule is CC(C)C.O=CN(O)CCC(=O)N1CCN(c2ccc(-c3ccccc3)cc2)CC1. The van der Waals surface area contributed by atoms with Crippen molar-refractivity contribution in [2.75, 3.05) is 37.6 Å². The maximum Gasteiger partial charge on any atom is 0.233 e. The Morgan fingerprint density at radius 2 is 1.50 bits per heavy atom. The average Bonchev–Trinajstić information content (AvgIpc) is 2.77. The van der Waals surface area contributed by atoms with Gasteiger partial charge in [0.05, 0.1) is 6.54 Å². The predicted octanol–water partition coefficient (Wildman–Crippen LogP) is 3.90. The summed E-state index contributed by atoms with van der Waals surface area (Å²) in [6.45, 7) is 9.36. The van der Waals surface area contributed by atoms with Crippen LogP contribution in [0.5, 0.6) is 0 Å². The Labute approximate surface area is 179 Å². The van der Waals surface area contributed by atoms with E-state index in [1.54, 1.807) is 4.90 Å². The van der Waals surface area contributed by atoms with Crippen molar-refractivity contribution in [3.63, 3.8) is 0 Å². The molecular formula is C24H33N3O3. The van der Waals surface area contributed by atoms with Crippen molar-refractivity contribution >= 4 is 18.0 Å². The van der Waals surface area contributed by atoms with Crippen LogP contribution in [0.1, 0.15) is 27.2 Å². The summed E-state index contributed by atoms with van der Waals surface area (Å²) in [6.07, 6.45) is 0.450. The van der Waals surface area contributed by atoms with E-state index in [9.17, 15) is 9.59 Å². The summed E-state index contributed by atoms with van der Waals surface area (Å²) < 4.78 is 0. The van der Waals surface area contributed by atoms with E-state index >= 15 is 0 Å². The smallest absolute Gasteiger partial charge is 0.233 e. The van der Waals surface area contributed by atoms with Gasteiger partial charge in [0.25, 0.3) is 0 Å². The fourth-order valence-corrected chi connectivity index (χ4v) is 3.13. The van der Waals surface area contributed by atoms with Gasteiger partial charge in [-0.2, -0.15) is 0 Å².